The van der Waals surface area contributed by atoms with Gasteiger partial charge in [0.25, 0.3) is 0 Å². The SMILES string of the molecule is Cc1nnc(-c2cnc3cnc(CC(=O)c4ccnc(N5CC(N(C)C)C5)c4)cc3c2)s1. The molecule has 4 aromatic rings. The van der Waals surface area contributed by atoms with E-state index < -0.39 is 0 Å². The number of hydrogen-bond donors (Lipinski definition) is 0. The van der Waals surface area contributed by atoms with Gasteiger partial charge >= 0.3 is 0 Å². The van der Waals surface area contributed by atoms with E-state index in [0.717, 1.165) is 45.4 Å². The summed E-state index contributed by atoms with van der Waals surface area (Å²) in [4.78, 5) is 30.8. The number of ketones is 1. The van der Waals surface area contributed by atoms with Gasteiger partial charge in [-0.3, -0.25) is 14.8 Å². The molecule has 0 N–H and O–H groups in total. The number of carbonyl (C=O) groups is 1. The summed E-state index contributed by atoms with van der Waals surface area (Å²) in [5.74, 6) is 0.871. The number of aromatic nitrogens is 5. The highest BCUT2D eigenvalue weighted by molar-refractivity contribution is 7.14. The zero-order valence-corrected chi connectivity index (χ0v) is 19.0. The molecular formula is C23H23N7OS. The maximum atomic E-state index is 13.0. The van der Waals surface area contributed by atoms with E-state index in [2.05, 4.69) is 49.0 Å². The fraction of sp³-hybridized carbons (Fsp3) is 0.304. The molecule has 1 fully saturated rings. The van der Waals surface area contributed by atoms with Gasteiger partial charge in [0.2, 0.25) is 0 Å². The van der Waals surface area contributed by atoms with Crippen LogP contribution in [-0.4, -0.2) is 69.1 Å². The number of nitrogens with zero attached hydrogens (tertiary/aromatic N) is 7. The van der Waals surface area contributed by atoms with Crippen molar-refractivity contribution in [1.82, 2.24) is 30.0 Å². The Labute approximate surface area is 190 Å². The van der Waals surface area contributed by atoms with Crippen molar-refractivity contribution >= 4 is 33.8 Å². The van der Waals surface area contributed by atoms with Gasteiger partial charge in [0.1, 0.15) is 15.8 Å². The zero-order valence-electron chi connectivity index (χ0n) is 18.2. The molecule has 5 heterocycles. The molecular weight excluding hydrogens is 422 g/mol. The number of anilines is 1. The van der Waals surface area contributed by atoms with Gasteiger partial charge in [0.05, 0.1) is 18.1 Å². The molecule has 1 saturated heterocycles. The summed E-state index contributed by atoms with van der Waals surface area (Å²) in [5, 5.41) is 10.9. The van der Waals surface area contributed by atoms with Gasteiger partial charge in [-0.2, -0.15) is 0 Å². The molecule has 0 aliphatic carbocycles. The van der Waals surface area contributed by atoms with E-state index in [1.165, 1.54) is 11.3 Å². The standard InChI is InChI=1S/C23H23N7OS/c1-14-27-28-23(32-14)17-6-16-7-18(25-11-20(16)26-10-17)9-21(31)15-4-5-24-22(8-15)30-12-19(13-30)29(2)3/h4-8,10-11,19H,9,12-13H2,1-3H3. The summed E-state index contributed by atoms with van der Waals surface area (Å²) in [6.07, 6.45) is 5.43. The van der Waals surface area contributed by atoms with Crippen LogP contribution in [0.15, 0.2) is 42.9 Å². The predicted molar refractivity (Wildman–Crippen MR) is 125 cm³/mol. The lowest BCUT2D eigenvalue weighted by atomic mass is 10.0. The number of Topliss-reactive ketones (excluding diaryl/α,β-unsaturated/α-hetero) is 1. The molecule has 1 aliphatic rings. The molecule has 8 nitrogen and oxygen atoms in total. The molecule has 0 spiro atoms. The van der Waals surface area contributed by atoms with E-state index in [1.54, 1.807) is 24.7 Å². The lowest BCUT2D eigenvalue weighted by Crippen LogP contribution is -2.57. The summed E-state index contributed by atoms with van der Waals surface area (Å²) in [5.41, 5.74) is 3.06. The monoisotopic (exact) mass is 445 g/mol. The molecule has 0 unspecified atom stereocenters. The van der Waals surface area contributed by atoms with Gasteiger partial charge < -0.3 is 9.80 Å². The number of fused-ring (bicyclic) bond motifs is 1. The second kappa shape index (κ2) is 8.33. The van der Waals surface area contributed by atoms with Crippen molar-refractivity contribution in [3.8, 4) is 10.6 Å². The Morgan fingerprint density at radius 3 is 2.72 bits per heavy atom. The quantitative estimate of drug-likeness (QED) is 0.419. The van der Waals surface area contributed by atoms with E-state index in [4.69, 9.17) is 0 Å². The number of pyridine rings is 3. The Morgan fingerprint density at radius 2 is 1.97 bits per heavy atom. The third-order valence-corrected chi connectivity index (χ3v) is 6.61. The normalized spacial score (nSPS) is 14.2. The summed E-state index contributed by atoms with van der Waals surface area (Å²) in [6, 6.07) is 8.13. The van der Waals surface area contributed by atoms with Crippen molar-refractivity contribution in [3.63, 3.8) is 0 Å². The van der Waals surface area contributed by atoms with Crippen molar-refractivity contribution in [2.75, 3.05) is 32.1 Å². The summed E-state index contributed by atoms with van der Waals surface area (Å²) in [6.45, 7) is 3.77. The fourth-order valence-corrected chi connectivity index (χ4v) is 4.38. The van der Waals surface area contributed by atoms with E-state index in [-0.39, 0.29) is 12.2 Å². The Balaban J connectivity index is 1.34. The van der Waals surface area contributed by atoms with Crippen molar-refractivity contribution in [2.24, 2.45) is 0 Å². The number of likely N-dealkylation sites (N-methyl/N-ethyl adjacent to an activating group) is 1. The number of rotatable bonds is 6. The van der Waals surface area contributed by atoms with Gasteiger partial charge in [-0.05, 0) is 45.3 Å². The van der Waals surface area contributed by atoms with Gasteiger partial charge in [-0.1, -0.05) is 11.3 Å². The largest absolute Gasteiger partial charge is 0.353 e. The Morgan fingerprint density at radius 1 is 1.12 bits per heavy atom. The Kier molecular flexibility index (Phi) is 5.36. The van der Waals surface area contributed by atoms with E-state index in [1.807, 2.05) is 25.1 Å². The maximum absolute atomic E-state index is 13.0. The van der Waals surface area contributed by atoms with Crippen LogP contribution >= 0.6 is 11.3 Å². The minimum absolute atomic E-state index is 0.0223. The number of aryl methyl sites for hydroxylation is 1. The second-order valence-corrected chi connectivity index (χ2v) is 9.43. The van der Waals surface area contributed by atoms with Crippen LogP contribution in [0.3, 0.4) is 0 Å². The summed E-state index contributed by atoms with van der Waals surface area (Å²) >= 11 is 1.53. The summed E-state index contributed by atoms with van der Waals surface area (Å²) in [7, 11) is 4.17. The van der Waals surface area contributed by atoms with Crippen LogP contribution < -0.4 is 4.90 Å². The smallest absolute Gasteiger partial charge is 0.169 e. The molecule has 0 bridgehead atoms. The van der Waals surface area contributed by atoms with Gasteiger partial charge in [-0.25, -0.2) is 4.98 Å². The first-order valence-electron chi connectivity index (χ1n) is 10.4. The first kappa shape index (κ1) is 20.6. The lowest BCUT2D eigenvalue weighted by molar-refractivity contribution is 0.0992. The molecule has 1 aliphatic heterocycles. The second-order valence-electron chi connectivity index (χ2n) is 8.24. The molecule has 0 atom stereocenters. The summed E-state index contributed by atoms with van der Waals surface area (Å²) < 4.78 is 0. The van der Waals surface area contributed by atoms with Crippen LogP contribution in [0.1, 0.15) is 21.1 Å². The average molecular weight is 446 g/mol. The van der Waals surface area contributed by atoms with Crippen molar-refractivity contribution in [3.05, 3.63) is 59.1 Å². The molecule has 0 saturated carbocycles. The Bertz CT molecular complexity index is 1300. The van der Waals surface area contributed by atoms with Crippen LogP contribution in [0, 0.1) is 6.92 Å². The molecule has 162 valence electrons. The molecule has 0 radical (unpaired) electrons. The van der Waals surface area contributed by atoms with Crippen molar-refractivity contribution < 1.29 is 4.79 Å². The molecule has 5 rings (SSSR count). The van der Waals surface area contributed by atoms with Crippen LogP contribution in [0.25, 0.3) is 21.5 Å². The third kappa shape index (κ3) is 4.09. The molecule has 0 amide bonds. The van der Waals surface area contributed by atoms with Gasteiger partial charge in [0, 0.05) is 53.7 Å². The zero-order chi connectivity index (χ0) is 22.2. The number of carbonyl (C=O) groups excluding carboxylic acids is 1. The Hall–Kier alpha value is -3.30. The van der Waals surface area contributed by atoms with Gasteiger partial charge in [-0.15, -0.1) is 10.2 Å². The highest BCUT2D eigenvalue weighted by Crippen LogP contribution is 2.26. The van der Waals surface area contributed by atoms with Crippen molar-refractivity contribution in [2.45, 2.75) is 19.4 Å². The molecule has 9 heteroatoms. The molecule has 4 aromatic heterocycles. The minimum atomic E-state index is 0.0223. The maximum Gasteiger partial charge on any atom is 0.169 e. The first-order valence-corrected chi connectivity index (χ1v) is 11.2. The van der Waals surface area contributed by atoms with Crippen LogP contribution in [0.2, 0.25) is 0 Å². The van der Waals surface area contributed by atoms with Gasteiger partial charge in [0.15, 0.2) is 5.78 Å². The number of hydrogen-bond acceptors (Lipinski definition) is 9. The van der Waals surface area contributed by atoms with Crippen LogP contribution in [-0.2, 0) is 6.42 Å². The highest BCUT2D eigenvalue weighted by atomic mass is 32.1. The average Bonchev–Trinajstić information content (AvgIpc) is 3.18. The minimum Gasteiger partial charge on any atom is -0.353 e. The molecule has 32 heavy (non-hydrogen) atoms. The highest BCUT2D eigenvalue weighted by Gasteiger charge is 2.29. The lowest BCUT2D eigenvalue weighted by Gasteiger charge is -2.43. The van der Waals surface area contributed by atoms with Crippen LogP contribution in [0.4, 0.5) is 5.82 Å². The van der Waals surface area contributed by atoms with Crippen LogP contribution in [0.5, 0.6) is 0 Å². The topological polar surface area (TPSA) is 88.0 Å². The van der Waals surface area contributed by atoms with E-state index in [9.17, 15) is 4.79 Å². The first-order chi connectivity index (χ1) is 15.5. The van der Waals surface area contributed by atoms with E-state index in [0.29, 0.717) is 17.3 Å². The third-order valence-electron chi connectivity index (χ3n) is 5.72. The van der Waals surface area contributed by atoms with E-state index >= 15 is 0 Å². The molecule has 0 aromatic carbocycles. The predicted octanol–water partition coefficient (Wildman–Crippen LogP) is 3.03. The fourth-order valence-electron chi connectivity index (χ4n) is 3.70. The van der Waals surface area contributed by atoms with Crippen molar-refractivity contribution in [1.29, 1.82) is 0 Å².